The monoisotopic (exact) mass is 1230 g/mol. The van der Waals surface area contributed by atoms with Crippen LogP contribution in [-0.4, -0.2) is 370 Å². The number of ether oxygens (including phenoxy) is 14. The lowest BCUT2D eigenvalue weighted by Gasteiger charge is -2.52. The third-order valence-corrected chi connectivity index (χ3v) is 15.6. The summed E-state index contributed by atoms with van der Waals surface area (Å²) < 4.78 is 81.7. The summed E-state index contributed by atoms with van der Waals surface area (Å²) >= 11 is 0. The lowest BCUT2D eigenvalue weighted by atomic mass is 9.93. The molecule has 2 amide bonds. The molecule has 0 aliphatic carbocycles. The molecule has 37 nitrogen and oxygen atoms in total. The second-order valence-electron chi connectivity index (χ2n) is 21.2. The van der Waals surface area contributed by atoms with E-state index in [0.717, 1.165) is 21.0 Å². The number of aliphatic hydroxyl groups excluding tert-OH is 19. The van der Waals surface area contributed by atoms with E-state index >= 15 is 0 Å². The summed E-state index contributed by atoms with van der Waals surface area (Å²) in [7, 11) is 1.12. The van der Waals surface area contributed by atoms with E-state index in [4.69, 9.17) is 66.3 Å². The standard InChI is InChI=1S/C47H80N2O35/c1-11-22(58)28(64)31(67)44(72-11)84-40-39(27(63)18(9-54)78-47(40)79-34-19(10-55)73-41(70)30(66)29(34)65)83-43-21(49-13(3)57)36(24(60)15(6-51)75-43)81-46-33(69)38(26(62)17(8-53)77-46)82-42-20(48-12(2)56)35(23(59)14(5-50)74-42)80-45-32(68)37(71-4)25(61)16(7-52)76-45/h11,14-47,50-55,58-70H,5-10H2,1-4H3,(H,48,56)(H,49,57)/t11-,14+,15+,16+,17+,18+,19+,20+,21+,22+,23-,24-,25-,26-,27-,28+,29+,30+,31-,32+,33+,34+,35+,36+,37-,38-,39-,40+,41?,42+,43+,44-,45-,46-,47-/m0/s1. The molecular formula is C47H80N2O35. The molecule has 7 heterocycles. The van der Waals surface area contributed by atoms with Crippen LogP contribution >= 0.6 is 0 Å². The van der Waals surface area contributed by atoms with E-state index < -0.39 is 266 Å². The Balaban J connectivity index is 1.21. The number of carbonyl (C=O) groups excluding carboxylic acids is 2. The van der Waals surface area contributed by atoms with E-state index in [0.29, 0.717) is 0 Å². The Labute approximate surface area is 477 Å². The summed E-state index contributed by atoms with van der Waals surface area (Å²) in [6.07, 6.45) is -63.3. The topological polar surface area (TPSA) is 572 Å². The van der Waals surface area contributed by atoms with Crippen LogP contribution < -0.4 is 10.6 Å². The van der Waals surface area contributed by atoms with Gasteiger partial charge in [-0.15, -0.1) is 0 Å². The molecule has 0 saturated carbocycles. The van der Waals surface area contributed by atoms with Crippen molar-refractivity contribution in [3.05, 3.63) is 0 Å². The van der Waals surface area contributed by atoms with E-state index in [-0.39, 0.29) is 0 Å². The molecule has 7 aliphatic heterocycles. The van der Waals surface area contributed by atoms with Crippen LogP contribution in [0.25, 0.3) is 0 Å². The summed E-state index contributed by atoms with van der Waals surface area (Å²) in [5.74, 6) is -1.78. The fourth-order valence-corrected chi connectivity index (χ4v) is 11.0. The average Bonchev–Trinajstić information content (AvgIpc) is 3.21. The van der Waals surface area contributed by atoms with E-state index in [1.54, 1.807) is 0 Å². The summed E-state index contributed by atoms with van der Waals surface area (Å²) in [6, 6.07) is -3.67. The lowest BCUT2D eigenvalue weighted by Crippen LogP contribution is -2.71. The number of hydrogen-bond donors (Lipinski definition) is 21. The molecule has 0 aromatic rings. The van der Waals surface area contributed by atoms with E-state index in [1.807, 2.05) is 0 Å². The molecule has 0 aromatic carbocycles. The van der Waals surface area contributed by atoms with Gasteiger partial charge in [-0.2, -0.15) is 0 Å². The summed E-state index contributed by atoms with van der Waals surface area (Å²) in [6.45, 7) is -2.83. The number of aliphatic hydroxyl groups is 19. The van der Waals surface area contributed by atoms with Gasteiger partial charge < -0.3 is 174 Å². The van der Waals surface area contributed by atoms with Crippen molar-refractivity contribution < 1.29 is 173 Å². The SMILES string of the molecule is CO[C@H]1[C@@H](O)[C@@H](CO)O[C@@H](O[C@H]2[C@@H](O)[C@@H](CO)O[C@H](O[C@H]3[C@@H](O)[C@@H](CO)O[C@@H](O[C@H]4[C@@H](O)[C@@H](CO)O[C@H](O[C@H]5[C@@H](O)[C@@H](CO)O[C@@H](O[C@H]6[C@H](O)[C@@H](O)C(O)O[C@@H]6CO)[C@@H]5O[C@@H]5O[C@@H](C)[C@@H](O)[C@@H](O)[C@@H]5O)[C@@H]4NC(C)=O)[C@@H]3O)[C@@H]2NC(C)=O)[C@@H]1O. The van der Waals surface area contributed by atoms with Crippen LogP contribution in [0.4, 0.5) is 0 Å². The highest BCUT2D eigenvalue weighted by Gasteiger charge is 2.60. The molecule has 0 radical (unpaired) electrons. The van der Waals surface area contributed by atoms with Crippen molar-refractivity contribution in [3.8, 4) is 0 Å². The molecule has 488 valence electrons. The molecule has 0 spiro atoms. The van der Waals surface area contributed by atoms with Crippen LogP contribution in [0.3, 0.4) is 0 Å². The maximum absolute atomic E-state index is 13.1. The van der Waals surface area contributed by atoms with Gasteiger partial charge in [0.25, 0.3) is 0 Å². The molecule has 7 fully saturated rings. The highest BCUT2D eigenvalue weighted by molar-refractivity contribution is 5.73. The van der Waals surface area contributed by atoms with Gasteiger partial charge in [-0.05, 0) is 6.92 Å². The predicted molar refractivity (Wildman–Crippen MR) is 258 cm³/mol. The number of nitrogens with one attached hydrogen (secondary N) is 2. The summed E-state index contributed by atoms with van der Waals surface area (Å²) in [4.78, 5) is 25.9. The van der Waals surface area contributed by atoms with Gasteiger partial charge in [0.15, 0.2) is 44.0 Å². The first kappa shape index (κ1) is 69.1. The second kappa shape index (κ2) is 30.0. The number of carbonyl (C=O) groups is 2. The molecule has 0 bridgehead atoms. The fourth-order valence-electron chi connectivity index (χ4n) is 11.0. The summed E-state index contributed by atoms with van der Waals surface area (Å²) in [5, 5.41) is 212. The van der Waals surface area contributed by atoms with Crippen molar-refractivity contribution >= 4 is 11.8 Å². The fraction of sp³-hybridized carbons (Fsp3) is 0.957. The molecule has 7 rings (SSSR count). The van der Waals surface area contributed by atoms with E-state index in [9.17, 15) is 107 Å². The molecule has 84 heavy (non-hydrogen) atoms. The lowest BCUT2D eigenvalue weighted by molar-refractivity contribution is -0.404. The normalized spacial score (nSPS) is 50.3. The van der Waals surface area contributed by atoms with E-state index in [2.05, 4.69) is 10.6 Å². The number of amides is 2. The Morgan fingerprint density at radius 2 is 0.679 bits per heavy atom. The van der Waals surface area contributed by atoms with Crippen LogP contribution in [0.15, 0.2) is 0 Å². The summed E-state index contributed by atoms with van der Waals surface area (Å²) in [5.41, 5.74) is 0. The number of rotatable bonds is 21. The highest BCUT2D eigenvalue weighted by atomic mass is 16.8. The third-order valence-electron chi connectivity index (χ3n) is 15.6. The zero-order chi connectivity index (χ0) is 61.9. The van der Waals surface area contributed by atoms with Crippen LogP contribution in [0.1, 0.15) is 20.8 Å². The molecule has 7 saturated heterocycles. The van der Waals surface area contributed by atoms with E-state index in [1.165, 1.54) is 6.92 Å². The Morgan fingerprint density at radius 1 is 0.333 bits per heavy atom. The minimum atomic E-state index is -2.32. The minimum Gasteiger partial charge on any atom is -0.394 e. The van der Waals surface area contributed by atoms with Crippen LogP contribution in [0.2, 0.25) is 0 Å². The third kappa shape index (κ3) is 14.6. The quantitative estimate of drug-likeness (QED) is 0.0507. The van der Waals surface area contributed by atoms with Gasteiger partial charge in [-0.25, -0.2) is 0 Å². The van der Waals surface area contributed by atoms with Crippen LogP contribution in [0.5, 0.6) is 0 Å². The largest absolute Gasteiger partial charge is 0.394 e. The maximum Gasteiger partial charge on any atom is 0.217 e. The Morgan fingerprint density at radius 3 is 1.12 bits per heavy atom. The van der Waals surface area contributed by atoms with Gasteiger partial charge in [-0.3, -0.25) is 9.59 Å². The van der Waals surface area contributed by atoms with Gasteiger partial charge in [-0.1, -0.05) is 0 Å². The van der Waals surface area contributed by atoms with Gasteiger partial charge in [0, 0.05) is 21.0 Å². The number of methoxy groups -OCH3 is 1. The molecule has 37 heteroatoms. The number of hydrogen-bond acceptors (Lipinski definition) is 35. The average molecular weight is 1230 g/mol. The molecule has 1 unspecified atom stereocenters. The molecule has 35 atom stereocenters. The smallest absolute Gasteiger partial charge is 0.217 e. The Hall–Kier alpha value is -2.38. The van der Waals surface area contributed by atoms with Crippen molar-refractivity contribution in [2.45, 2.75) is 236 Å². The zero-order valence-electron chi connectivity index (χ0n) is 45.5. The van der Waals surface area contributed by atoms with Gasteiger partial charge in [0.05, 0.1) is 45.7 Å². The van der Waals surface area contributed by atoms with Crippen LogP contribution in [0, 0.1) is 0 Å². The highest BCUT2D eigenvalue weighted by Crippen LogP contribution is 2.39. The first-order valence-electron chi connectivity index (χ1n) is 26.9. The Kier molecular flexibility index (Phi) is 24.6. The zero-order valence-corrected chi connectivity index (χ0v) is 45.5. The first-order valence-corrected chi connectivity index (χ1v) is 26.9. The predicted octanol–water partition coefficient (Wildman–Crippen LogP) is -14.3. The van der Waals surface area contributed by atoms with Crippen molar-refractivity contribution in [3.63, 3.8) is 0 Å². The van der Waals surface area contributed by atoms with Gasteiger partial charge in [0.1, 0.15) is 165 Å². The van der Waals surface area contributed by atoms with Gasteiger partial charge >= 0.3 is 0 Å². The van der Waals surface area contributed by atoms with Crippen molar-refractivity contribution in [1.82, 2.24) is 10.6 Å². The molecule has 7 aliphatic rings. The minimum absolute atomic E-state index is 0.823. The van der Waals surface area contributed by atoms with Crippen molar-refractivity contribution in [2.75, 3.05) is 46.8 Å². The Bertz CT molecular complexity index is 2060. The molecule has 21 N–H and O–H groups in total. The van der Waals surface area contributed by atoms with Crippen molar-refractivity contribution in [1.29, 1.82) is 0 Å². The molecular weight excluding hydrogens is 1150 g/mol. The first-order chi connectivity index (χ1) is 39.8. The molecule has 0 aromatic heterocycles. The second-order valence-corrected chi connectivity index (χ2v) is 21.2. The maximum atomic E-state index is 13.1. The van der Waals surface area contributed by atoms with Gasteiger partial charge in [0.2, 0.25) is 11.8 Å². The van der Waals surface area contributed by atoms with Crippen LogP contribution in [-0.2, 0) is 75.9 Å². The van der Waals surface area contributed by atoms with Crippen molar-refractivity contribution in [2.24, 2.45) is 0 Å².